The van der Waals surface area contributed by atoms with Crippen LogP contribution in [0.3, 0.4) is 0 Å². The van der Waals surface area contributed by atoms with Crippen LogP contribution in [0.25, 0.3) is 0 Å². The smallest absolute Gasteiger partial charge is 0.338 e. The summed E-state index contributed by atoms with van der Waals surface area (Å²) >= 11 is 0. The van der Waals surface area contributed by atoms with Crippen LogP contribution in [-0.4, -0.2) is 38.8 Å². The van der Waals surface area contributed by atoms with Crippen LogP contribution < -0.4 is 4.31 Å². The standard InChI is InChI=1S/C19H22N2O4S/c1-14-5-3-6-17(20-14)7-4-12-25-19(22)16-8-9-18-15(13-16)10-11-21(18)26(2,23)24/h3,5-6,8-9,13H,4,7,10-12H2,1-2H3. The van der Waals surface area contributed by atoms with Crippen molar-refractivity contribution in [2.45, 2.75) is 26.2 Å². The molecule has 0 fully saturated rings. The maximum absolute atomic E-state index is 12.2. The number of nitrogens with zero attached hydrogens (tertiary/aromatic N) is 2. The van der Waals surface area contributed by atoms with Gasteiger partial charge >= 0.3 is 5.97 Å². The molecule has 0 atom stereocenters. The molecule has 0 N–H and O–H groups in total. The molecule has 26 heavy (non-hydrogen) atoms. The van der Waals surface area contributed by atoms with E-state index in [1.807, 2.05) is 25.1 Å². The number of rotatable bonds is 6. The van der Waals surface area contributed by atoms with Gasteiger partial charge < -0.3 is 4.74 Å². The van der Waals surface area contributed by atoms with Crippen molar-refractivity contribution in [2.75, 3.05) is 23.7 Å². The number of hydrogen-bond donors (Lipinski definition) is 0. The number of pyridine rings is 1. The van der Waals surface area contributed by atoms with Gasteiger partial charge in [0.25, 0.3) is 0 Å². The first-order valence-electron chi connectivity index (χ1n) is 8.55. The van der Waals surface area contributed by atoms with E-state index in [0.717, 1.165) is 23.4 Å². The highest BCUT2D eigenvalue weighted by molar-refractivity contribution is 7.92. The van der Waals surface area contributed by atoms with Gasteiger partial charge in [-0.2, -0.15) is 0 Å². The van der Waals surface area contributed by atoms with E-state index in [9.17, 15) is 13.2 Å². The monoisotopic (exact) mass is 374 g/mol. The Morgan fingerprint density at radius 3 is 2.81 bits per heavy atom. The summed E-state index contributed by atoms with van der Waals surface area (Å²) in [6.07, 6.45) is 3.24. The molecule has 1 aromatic heterocycles. The Bertz CT molecular complexity index is 925. The zero-order chi connectivity index (χ0) is 18.7. The summed E-state index contributed by atoms with van der Waals surface area (Å²) < 4.78 is 30.2. The highest BCUT2D eigenvalue weighted by Gasteiger charge is 2.26. The predicted octanol–water partition coefficient (Wildman–Crippen LogP) is 2.50. The number of aromatic nitrogens is 1. The molecule has 2 aromatic rings. The van der Waals surface area contributed by atoms with Crippen LogP contribution in [0, 0.1) is 6.92 Å². The minimum atomic E-state index is -3.28. The van der Waals surface area contributed by atoms with Gasteiger partial charge in [-0.3, -0.25) is 9.29 Å². The zero-order valence-corrected chi connectivity index (χ0v) is 15.8. The summed E-state index contributed by atoms with van der Waals surface area (Å²) in [4.78, 5) is 16.6. The summed E-state index contributed by atoms with van der Waals surface area (Å²) in [5.74, 6) is -0.386. The van der Waals surface area contributed by atoms with Gasteiger partial charge in [0.15, 0.2) is 0 Å². The van der Waals surface area contributed by atoms with Gasteiger partial charge in [-0.05, 0) is 62.1 Å². The fraction of sp³-hybridized carbons (Fsp3) is 0.368. The zero-order valence-electron chi connectivity index (χ0n) is 14.9. The van der Waals surface area contributed by atoms with E-state index in [4.69, 9.17) is 4.74 Å². The van der Waals surface area contributed by atoms with Crippen LogP contribution in [0.4, 0.5) is 5.69 Å². The van der Waals surface area contributed by atoms with Crippen molar-refractivity contribution < 1.29 is 17.9 Å². The molecule has 7 heteroatoms. The van der Waals surface area contributed by atoms with Crippen LogP contribution in [0.2, 0.25) is 0 Å². The topological polar surface area (TPSA) is 76.6 Å². The van der Waals surface area contributed by atoms with E-state index in [1.165, 1.54) is 10.6 Å². The van der Waals surface area contributed by atoms with Gasteiger partial charge in [0.1, 0.15) is 0 Å². The average molecular weight is 374 g/mol. The summed E-state index contributed by atoms with van der Waals surface area (Å²) in [5.41, 5.74) is 3.91. The number of ether oxygens (including phenoxy) is 1. The highest BCUT2D eigenvalue weighted by atomic mass is 32.2. The normalized spacial score (nSPS) is 13.5. The Labute approximate surface area is 153 Å². The van der Waals surface area contributed by atoms with E-state index in [2.05, 4.69) is 4.98 Å². The summed E-state index contributed by atoms with van der Waals surface area (Å²) in [6, 6.07) is 10.9. The fourth-order valence-corrected chi connectivity index (χ4v) is 4.04. The third-order valence-electron chi connectivity index (χ3n) is 4.32. The Morgan fingerprint density at radius 1 is 1.27 bits per heavy atom. The van der Waals surface area contributed by atoms with E-state index in [0.29, 0.717) is 37.2 Å². The van der Waals surface area contributed by atoms with Crippen LogP contribution >= 0.6 is 0 Å². The number of aryl methyl sites for hydroxylation is 2. The largest absolute Gasteiger partial charge is 0.462 e. The molecular weight excluding hydrogens is 352 g/mol. The molecule has 0 amide bonds. The third kappa shape index (κ3) is 4.22. The molecule has 0 aliphatic carbocycles. The second kappa shape index (κ2) is 7.45. The highest BCUT2D eigenvalue weighted by Crippen LogP contribution is 2.30. The molecule has 0 radical (unpaired) electrons. The van der Waals surface area contributed by atoms with Crippen molar-refractivity contribution >= 4 is 21.7 Å². The lowest BCUT2D eigenvalue weighted by Gasteiger charge is -2.16. The lowest BCUT2D eigenvalue weighted by atomic mass is 10.1. The van der Waals surface area contributed by atoms with Crippen molar-refractivity contribution in [1.82, 2.24) is 4.98 Å². The van der Waals surface area contributed by atoms with Gasteiger partial charge in [-0.1, -0.05) is 6.07 Å². The lowest BCUT2D eigenvalue weighted by molar-refractivity contribution is 0.0500. The summed E-state index contributed by atoms with van der Waals surface area (Å²) in [7, 11) is -3.28. The number of fused-ring (bicyclic) bond motifs is 1. The van der Waals surface area contributed by atoms with Crippen molar-refractivity contribution in [3.63, 3.8) is 0 Å². The molecular formula is C19H22N2O4S. The Kier molecular flexibility index (Phi) is 5.27. The second-order valence-corrected chi connectivity index (χ2v) is 8.35. The van der Waals surface area contributed by atoms with Crippen LogP contribution in [0.15, 0.2) is 36.4 Å². The minimum Gasteiger partial charge on any atom is -0.462 e. The van der Waals surface area contributed by atoms with Gasteiger partial charge in [0.2, 0.25) is 10.0 Å². The van der Waals surface area contributed by atoms with Gasteiger partial charge in [0.05, 0.1) is 24.1 Å². The molecule has 3 rings (SSSR count). The van der Waals surface area contributed by atoms with Crippen LogP contribution in [0.1, 0.15) is 33.7 Å². The molecule has 1 aliphatic rings. The maximum atomic E-state index is 12.2. The molecule has 0 spiro atoms. The van der Waals surface area contributed by atoms with Gasteiger partial charge in [0, 0.05) is 17.9 Å². The molecule has 1 aromatic carbocycles. The predicted molar refractivity (Wildman–Crippen MR) is 99.9 cm³/mol. The Balaban J connectivity index is 1.56. The second-order valence-electron chi connectivity index (χ2n) is 6.44. The average Bonchev–Trinajstić information content (AvgIpc) is 3.02. The van der Waals surface area contributed by atoms with E-state index in [1.54, 1.807) is 18.2 Å². The Hall–Kier alpha value is -2.41. The van der Waals surface area contributed by atoms with Crippen molar-refractivity contribution in [1.29, 1.82) is 0 Å². The number of carbonyl (C=O) groups is 1. The van der Waals surface area contributed by atoms with E-state index >= 15 is 0 Å². The summed E-state index contributed by atoms with van der Waals surface area (Å²) in [6.45, 7) is 2.68. The van der Waals surface area contributed by atoms with E-state index in [-0.39, 0.29) is 5.97 Å². The third-order valence-corrected chi connectivity index (χ3v) is 5.50. The number of sulfonamides is 1. The molecule has 138 valence electrons. The first kappa shape index (κ1) is 18.4. The number of benzene rings is 1. The van der Waals surface area contributed by atoms with E-state index < -0.39 is 10.0 Å². The quantitative estimate of drug-likeness (QED) is 0.574. The van der Waals surface area contributed by atoms with Gasteiger partial charge in [-0.25, -0.2) is 13.2 Å². The lowest BCUT2D eigenvalue weighted by Crippen LogP contribution is -2.27. The molecule has 2 heterocycles. The van der Waals surface area contributed by atoms with Gasteiger partial charge in [-0.15, -0.1) is 0 Å². The van der Waals surface area contributed by atoms with Crippen molar-refractivity contribution in [3.05, 3.63) is 58.9 Å². The van der Waals surface area contributed by atoms with Crippen molar-refractivity contribution in [2.24, 2.45) is 0 Å². The van der Waals surface area contributed by atoms with Crippen LogP contribution in [0.5, 0.6) is 0 Å². The molecule has 1 aliphatic heterocycles. The number of esters is 1. The minimum absolute atomic E-state index is 0.320. The van der Waals surface area contributed by atoms with Crippen molar-refractivity contribution in [3.8, 4) is 0 Å². The van der Waals surface area contributed by atoms with Crippen LogP contribution in [-0.2, 0) is 27.6 Å². The summed E-state index contributed by atoms with van der Waals surface area (Å²) in [5, 5.41) is 0. The number of hydrogen-bond acceptors (Lipinski definition) is 5. The SMILES string of the molecule is Cc1cccc(CCCOC(=O)c2ccc3c(c2)CCN3S(C)(=O)=O)n1. The molecule has 0 unspecified atom stereocenters. The number of anilines is 1. The first-order valence-corrected chi connectivity index (χ1v) is 10.4. The first-order chi connectivity index (χ1) is 12.3. The fourth-order valence-electron chi connectivity index (χ4n) is 3.08. The molecule has 6 nitrogen and oxygen atoms in total. The molecule has 0 saturated carbocycles. The Morgan fingerprint density at radius 2 is 2.08 bits per heavy atom. The molecule has 0 saturated heterocycles. The number of carbonyl (C=O) groups excluding carboxylic acids is 1. The molecule has 0 bridgehead atoms. The maximum Gasteiger partial charge on any atom is 0.338 e.